The summed E-state index contributed by atoms with van der Waals surface area (Å²) in [5.74, 6) is -0.0805. The molecule has 0 radical (unpaired) electrons. The number of amides is 1. The molecular formula is C20H18N2O3S. The molecule has 0 bridgehead atoms. The van der Waals surface area contributed by atoms with Crippen LogP contribution in [0.25, 0.3) is 10.8 Å². The summed E-state index contributed by atoms with van der Waals surface area (Å²) in [7, 11) is 0. The van der Waals surface area contributed by atoms with Crippen LogP contribution in [0.15, 0.2) is 59.5 Å². The third-order valence-corrected chi connectivity index (χ3v) is 5.26. The van der Waals surface area contributed by atoms with Crippen LogP contribution in [0.2, 0.25) is 0 Å². The molecule has 0 saturated heterocycles. The quantitative estimate of drug-likeness (QED) is 0.387. The van der Waals surface area contributed by atoms with Gasteiger partial charge in [-0.1, -0.05) is 36.4 Å². The first-order valence-corrected chi connectivity index (χ1v) is 9.10. The Kier molecular flexibility index (Phi) is 5.23. The van der Waals surface area contributed by atoms with Gasteiger partial charge < -0.3 is 5.32 Å². The molecule has 3 rings (SSSR count). The minimum Gasteiger partial charge on any atom is -0.319 e. The SMILES string of the molecule is Cc1ccc([N+](=O)[O-])c(NC(=O)CSc2ccc3ccccc3c2)c1C. The second kappa shape index (κ2) is 7.58. The van der Waals surface area contributed by atoms with E-state index < -0.39 is 4.92 Å². The van der Waals surface area contributed by atoms with Gasteiger partial charge in [-0.25, -0.2) is 0 Å². The summed E-state index contributed by atoms with van der Waals surface area (Å²) in [5.41, 5.74) is 1.80. The van der Waals surface area contributed by atoms with Crippen molar-refractivity contribution in [2.45, 2.75) is 18.7 Å². The van der Waals surface area contributed by atoms with Crippen LogP contribution in [-0.2, 0) is 4.79 Å². The average molecular weight is 366 g/mol. The molecule has 0 fully saturated rings. The molecule has 0 saturated carbocycles. The second-order valence-electron chi connectivity index (χ2n) is 6.00. The third kappa shape index (κ3) is 3.86. The number of nitrogens with zero attached hydrogens (tertiary/aromatic N) is 1. The van der Waals surface area contributed by atoms with Gasteiger partial charge in [-0.15, -0.1) is 11.8 Å². The maximum atomic E-state index is 12.3. The predicted octanol–water partition coefficient (Wildman–Crippen LogP) is 5.10. The number of nitrogens with one attached hydrogen (secondary N) is 1. The lowest BCUT2D eigenvalue weighted by Crippen LogP contribution is -2.16. The van der Waals surface area contributed by atoms with Crippen LogP contribution in [-0.4, -0.2) is 16.6 Å². The van der Waals surface area contributed by atoms with Crippen molar-refractivity contribution in [3.8, 4) is 0 Å². The average Bonchev–Trinajstić information content (AvgIpc) is 2.63. The Morgan fingerprint density at radius 2 is 1.81 bits per heavy atom. The van der Waals surface area contributed by atoms with Gasteiger partial charge in [-0.05, 0) is 47.9 Å². The maximum absolute atomic E-state index is 12.3. The molecule has 1 amide bonds. The van der Waals surface area contributed by atoms with E-state index in [2.05, 4.69) is 5.32 Å². The fourth-order valence-corrected chi connectivity index (χ4v) is 3.44. The highest BCUT2D eigenvalue weighted by atomic mass is 32.2. The number of nitro groups is 1. The van der Waals surface area contributed by atoms with Gasteiger partial charge in [0.2, 0.25) is 5.91 Å². The summed E-state index contributed by atoms with van der Waals surface area (Å²) in [6.45, 7) is 3.63. The minimum atomic E-state index is -0.474. The van der Waals surface area contributed by atoms with Crippen LogP contribution in [0, 0.1) is 24.0 Å². The van der Waals surface area contributed by atoms with Crippen LogP contribution < -0.4 is 5.32 Å². The number of fused-ring (bicyclic) bond motifs is 1. The van der Waals surface area contributed by atoms with E-state index in [0.717, 1.165) is 21.2 Å². The van der Waals surface area contributed by atoms with Crippen LogP contribution in [0.4, 0.5) is 11.4 Å². The molecular weight excluding hydrogens is 348 g/mol. The van der Waals surface area contributed by atoms with Gasteiger partial charge in [0.05, 0.1) is 10.7 Å². The Morgan fingerprint density at radius 3 is 2.54 bits per heavy atom. The summed E-state index contributed by atoms with van der Waals surface area (Å²) >= 11 is 1.41. The van der Waals surface area contributed by atoms with Crippen molar-refractivity contribution in [3.05, 3.63) is 75.8 Å². The highest BCUT2D eigenvalue weighted by Gasteiger charge is 2.19. The monoisotopic (exact) mass is 366 g/mol. The Balaban J connectivity index is 1.73. The van der Waals surface area contributed by atoms with E-state index in [0.29, 0.717) is 5.56 Å². The number of hydrogen-bond acceptors (Lipinski definition) is 4. The van der Waals surface area contributed by atoms with Crippen molar-refractivity contribution in [2.24, 2.45) is 0 Å². The number of hydrogen-bond donors (Lipinski definition) is 1. The van der Waals surface area contributed by atoms with Gasteiger partial charge in [0.25, 0.3) is 5.69 Å². The van der Waals surface area contributed by atoms with E-state index in [1.807, 2.05) is 49.4 Å². The summed E-state index contributed by atoms with van der Waals surface area (Å²) in [6.07, 6.45) is 0. The van der Waals surface area contributed by atoms with Crippen LogP contribution in [0.5, 0.6) is 0 Å². The molecule has 132 valence electrons. The molecule has 0 aliphatic rings. The maximum Gasteiger partial charge on any atom is 0.293 e. The first kappa shape index (κ1) is 17.9. The Hall–Kier alpha value is -2.86. The Morgan fingerprint density at radius 1 is 1.08 bits per heavy atom. The van der Waals surface area contributed by atoms with Crippen molar-refractivity contribution in [2.75, 3.05) is 11.1 Å². The molecule has 0 spiro atoms. The normalized spacial score (nSPS) is 10.7. The lowest BCUT2D eigenvalue weighted by atomic mass is 10.1. The summed E-state index contributed by atoms with van der Waals surface area (Å²) in [6, 6.07) is 17.2. The van der Waals surface area contributed by atoms with Crippen molar-refractivity contribution in [1.82, 2.24) is 0 Å². The Bertz CT molecular complexity index is 1000. The highest BCUT2D eigenvalue weighted by molar-refractivity contribution is 8.00. The van der Waals surface area contributed by atoms with Crippen molar-refractivity contribution < 1.29 is 9.72 Å². The molecule has 0 aliphatic heterocycles. The predicted molar refractivity (Wildman–Crippen MR) is 106 cm³/mol. The van der Waals surface area contributed by atoms with Crippen molar-refractivity contribution in [3.63, 3.8) is 0 Å². The summed E-state index contributed by atoms with van der Waals surface area (Å²) in [5, 5.41) is 16.2. The van der Waals surface area contributed by atoms with Gasteiger partial charge in [-0.2, -0.15) is 0 Å². The number of aryl methyl sites for hydroxylation is 1. The zero-order chi connectivity index (χ0) is 18.7. The molecule has 0 heterocycles. The molecule has 0 aromatic heterocycles. The first-order valence-electron chi connectivity index (χ1n) is 8.12. The van der Waals surface area contributed by atoms with E-state index in [1.54, 1.807) is 13.0 Å². The summed E-state index contributed by atoms with van der Waals surface area (Å²) in [4.78, 5) is 24.1. The second-order valence-corrected chi connectivity index (χ2v) is 7.05. The van der Waals surface area contributed by atoms with Gasteiger partial charge in [0, 0.05) is 11.0 Å². The first-order chi connectivity index (χ1) is 12.5. The van der Waals surface area contributed by atoms with Gasteiger partial charge >= 0.3 is 0 Å². The number of rotatable bonds is 5. The van der Waals surface area contributed by atoms with Gasteiger partial charge in [0.1, 0.15) is 5.69 Å². The molecule has 3 aromatic carbocycles. The number of nitro benzene ring substituents is 1. The van der Waals surface area contributed by atoms with E-state index >= 15 is 0 Å². The molecule has 26 heavy (non-hydrogen) atoms. The number of anilines is 1. The topological polar surface area (TPSA) is 72.2 Å². The van der Waals surface area contributed by atoms with Crippen molar-refractivity contribution >= 4 is 39.8 Å². The van der Waals surface area contributed by atoms with E-state index in [1.165, 1.54) is 17.8 Å². The molecule has 6 heteroatoms. The van der Waals surface area contributed by atoms with Crippen LogP contribution in [0.3, 0.4) is 0 Å². The standard InChI is InChI=1S/C20H18N2O3S/c1-13-7-10-18(22(24)25)20(14(13)2)21-19(23)12-26-17-9-8-15-5-3-4-6-16(15)11-17/h3-11H,12H2,1-2H3,(H,21,23). The molecule has 1 N–H and O–H groups in total. The largest absolute Gasteiger partial charge is 0.319 e. The smallest absolute Gasteiger partial charge is 0.293 e. The van der Waals surface area contributed by atoms with Crippen LogP contribution >= 0.6 is 11.8 Å². The third-order valence-electron chi connectivity index (χ3n) is 4.27. The number of thioether (sulfide) groups is 1. The summed E-state index contributed by atoms with van der Waals surface area (Å²) < 4.78 is 0. The van der Waals surface area contributed by atoms with E-state index in [4.69, 9.17) is 0 Å². The molecule has 0 unspecified atom stereocenters. The zero-order valence-corrected chi connectivity index (χ0v) is 15.3. The van der Waals surface area contributed by atoms with E-state index in [9.17, 15) is 14.9 Å². The van der Waals surface area contributed by atoms with Gasteiger partial charge in [0.15, 0.2) is 0 Å². The minimum absolute atomic E-state index is 0.0860. The lowest BCUT2D eigenvalue weighted by molar-refractivity contribution is -0.384. The van der Waals surface area contributed by atoms with Crippen molar-refractivity contribution in [1.29, 1.82) is 0 Å². The fourth-order valence-electron chi connectivity index (χ4n) is 2.69. The lowest BCUT2D eigenvalue weighted by Gasteiger charge is -2.11. The highest BCUT2D eigenvalue weighted by Crippen LogP contribution is 2.31. The zero-order valence-electron chi connectivity index (χ0n) is 14.5. The molecule has 0 atom stereocenters. The number of carbonyl (C=O) groups is 1. The Labute approximate surface area is 155 Å². The fraction of sp³-hybridized carbons (Fsp3) is 0.150. The number of benzene rings is 3. The van der Waals surface area contributed by atoms with Gasteiger partial charge in [-0.3, -0.25) is 14.9 Å². The number of carbonyl (C=O) groups excluding carboxylic acids is 1. The molecule has 5 nitrogen and oxygen atoms in total. The molecule has 3 aromatic rings. The molecule has 0 aliphatic carbocycles. The van der Waals surface area contributed by atoms with Crippen LogP contribution in [0.1, 0.15) is 11.1 Å². The van der Waals surface area contributed by atoms with E-state index in [-0.39, 0.29) is 23.0 Å².